The van der Waals surface area contributed by atoms with Gasteiger partial charge in [0.2, 0.25) is 5.95 Å². The summed E-state index contributed by atoms with van der Waals surface area (Å²) < 4.78 is 7.62. The number of carbonyl (C=O) groups is 1. The molecule has 0 bridgehead atoms. The molecule has 1 heterocycles. The predicted molar refractivity (Wildman–Crippen MR) is 103 cm³/mol. The second-order valence-electron chi connectivity index (χ2n) is 6.01. The Balaban J connectivity index is 1.47. The molecule has 1 aromatic heterocycles. The van der Waals surface area contributed by atoms with Crippen molar-refractivity contribution in [2.45, 2.75) is 13.5 Å². The highest BCUT2D eigenvalue weighted by Gasteiger charge is 2.12. The first-order valence-corrected chi connectivity index (χ1v) is 8.61. The van der Waals surface area contributed by atoms with Gasteiger partial charge in [0.15, 0.2) is 6.61 Å². The van der Waals surface area contributed by atoms with Crippen LogP contribution < -0.4 is 10.1 Å². The Bertz CT molecular complexity index is 1080. The smallest absolute Gasteiger partial charge is 0.264 e. The van der Waals surface area contributed by atoms with Crippen molar-refractivity contribution < 1.29 is 9.53 Å². The lowest BCUT2D eigenvalue weighted by Crippen LogP contribution is -2.22. The summed E-state index contributed by atoms with van der Waals surface area (Å²) in [5, 5.41) is 5.07. The number of ether oxygens (including phenoxy) is 1. The van der Waals surface area contributed by atoms with E-state index in [1.54, 1.807) is 0 Å². The van der Waals surface area contributed by atoms with Crippen LogP contribution in [0.5, 0.6) is 5.75 Å². The fraction of sp³-hybridized carbons (Fsp3) is 0.143. The van der Waals surface area contributed by atoms with Crippen LogP contribution in [0.15, 0.2) is 66.7 Å². The van der Waals surface area contributed by atoms with Crippen LogP contribution in [-0.4, -0.2) is 22.1 Å². The molecule has 3 aromatic carbocycles. The van der Waals surface area contributed by atoms with E-state index in [1.165, 1.54) is 0 Å². The maximum Gasteiger partial charge on any atom is 0.264 e. The first-order chi connectivity index (χ1) is 12.7. The second-order valence-corrected chi connectivity index (χ2v) is 6.01. The molecule has 0 saturated heterocycles. The number of hydrogen-bond donors (Lipinski definition) is 1. The molecule has 0 atom stereocenters. The number of anilines is 1. The summed E-state index contributed by atoms with van der Waals surface area (Å²) in [4.78, 5) is 16.8. The zero-order valence-corrected chi connectivity index (χ0v) is 14.5. The molecule has 0 aliphatic carbocycles. The fourth-order valence-electron chi connectivity index (χ4n) is 3.06. The van der Waals surface area contributed by atoms with Gasteiger partial charge in [-0.1, -0.05) is 42.5 Å². The van der Waals surface area contributed by atoms with Crippen LogP contribution in [0, 0.1) is 0 Å². The Morgan fingerprint density at radius 2 is 1.81 bits per heavy atom. The topological polar surface area (TPSA) is 56.2 Å². The highest BCUT2D eigenvalue weighted by Crippen LogP contribution is 2.21. The maximum atomic E-state index is 12.3. The normalized spacial score (nSPS) is 11.0. The fourth-order valence-corrected chi connectivity index (χ4v) is 3.06. The number of benzene rings is 3. The van der Waals surface area contributed by atoms with Crippen molar-refractivity contribution in [1.82, 2.24) is 9.55 Å². The molecule has 1 N–H and O–H groups in total. The molecule has 0 aliphatic heterocycles. The third-order valence-corrected chi connectivity index (χ3v) is 4.31. The average molecular weight is 345 g/mol. The van der Waals surface area contributed by atoms with Crippen molar-refractivity contribution >= 4 is 33.7 Å². The second kappa shape index (κ2) is 6.88. The lowest BCUT2D eigenvalue weighted by molar-refractivity contribution is -0.118. The molecular formula is C21H19N3O2. The number of aryl methyl sites for hydroxylation is 1. The largest absolute Gasteiger partial charge is 0.484 e. The van der Waals surface area contributed by atoms with Crippen LogP contribution in [0.1, 0.15) is 6.92 Å². The van der Waals surface area contributed by atoms with E-state index >= 15 is 0 Å². The number of para-hydroxylation sites is 2. The molecule has 0 unspecified atom stereocenters. The monoisotopic (exact) mass is 345 g/mol. The molecule has 0 fully saturated rings. The van der Waals surface area contributed by atoms with Gasteiger partial charge in [-0.05, 0) is 42.0 Å². The van der Waals surface area contributed by atoms with Gasteiger partial charge in [0.1, 0.15) is 5.75 Å². The van der Waals surface area contributed by atoms with Gasteiger partial charge in [-0.25, -0.2) is 4.98 Å². The number of amides is 1. The van der Waals surface area contributed by atoms with Gasteiger partial charge in [0.25, 0.3) is 5.91 Å². The minimum Gasteiger partial charge on any atom is -0.484 e. The molecule has 0 saturated carbocycles. The summed E-state index contributed by atoms with van der Waals surface area (Å²) in [6.45, 7) is 2.68. The van der Waals surface area contributed by atoms with Crippen molar-refractivity contribution in [2.75, 3.05) is 11.9 Å². The lowest BCUT2D eigenvalue weighted by Gasteiger charge is -2.09. The third kappa shape index (κ3) is 3.11. The number of fused-ring (bicyclic) bond motifs is 2. The lowest BCUT2D eigenvalue weighted by atomic mass is 10.1. The molecule has 130 valence electrons. The molecule has 5 nitrogen and oxygen atoms in total. The van der Waals surface area contributed by atoms with E-state index in [-0.39, 0.29) is 12.5 Å². The summed E-state index contributed by atoms with van der Waals surface area (Å²) in [5.41, 5.74) is 1.86. The number of rotatable bonds is 5. The molecule has 0 radical (unpaired) electrons. The van der Waals surface area contributed by atoms with E-state index in [4.69, 9.17) is 4.74 Å². The van der Waals surface area contributed by atoms with E-state index in [2.05, 4.69) is 10.3 Å². The molecule has 4 aromatic rings. The zero-order chi connectivity index (χ0) is 17.9. The first kappa shape index (κ1) is 16.1. The maximum absolute atomic E-state index is 12.3. The molecule has 0 aliphatic rings. The highest BCUT2D eigenvalue weighted by atomic mass is 16.5. The van der Waals surface area contributed by atoms with Gasteiger partial charge in [0.05, 0.1) is 11.0 Å². The van der Waals surface area contributed by atoms with Crippen molar-refractivity contribution in [3.05, 3.63) is 66.7 Å². The molecular weight excluding hydrogens is 326 g/mol. The molecule has 5 heteroatoms. The number of aromatic nitrogens is 2. The van der Waals surface area contributed by atoms with Gasteiger partial charge in [-0.15, -0.1) is 0 Å². The van der Waals surface area contributed by atoms with Crippen molar-refractivity contribution in [2.24, 2.45) is 0 Å². The third-order valence-electron chi connectivity index (χ3n) is 4.31. The summed E-state index contributed by atoms with van der Waals surface area (Å²) in [6.07, 6.45) is 0. The zero-order valence-electron chi connectivity index (χ0n) is 14.5. The Hall–Kier alpha value is -3.34. The molecule has 26 heavy (non-hydrogen) atoms. The minimum absolute atomic E-state index is 0.0642. The minimum atomic E-state index is -0.233. The van der Waals surface area contributed by atoms with Crippen LogP contribution in [0.2, 0.25) is 0 Å². The standard InChI is InChI=1S/C21H19N3O2/c1-2-24-19-10-6-5-9-18(19)22-21(24)23-20(25)14-26-17-12-11-15-7-3-4-8-16(15)13-17/h3-13H,2,14H2,1H3,(H,22,23,25). The Labute approximate surface area is 151 Å². The van der Waals surface area contributed by atoms with E-state index < -0.39 is 0 Å². The Morgan fingerprint density at radius 1 is 1.04 bits per heavy atom. The van der Waals surface area contributed by atoms with E-state index in [9.17, 15) is 4.79 Å². The number of hydrogen-bond acceptors (Lipinski definition) is 3. The van der Waals surface area contributed by atoms with E-state index in [0.717, 1.165) is 28.4 Å². The van der Waals surface area contributed by atoms with Crippen LogP contribution in [0.25, 0.3) is 21.8 Å². The van der Waals surface area contributed by atoms with Crippen LogP contribution in [0.3, 0.4) is 0 Å². The molecule has 4 rings (SSSR count). The average Bonchev–Trinajstić information content (AvgIpc) is 3.03. The van der Waals surface area contributed by atoms with Crippen molar-refractivity contribution in [3.63, 3.8) is 0 Å². The number of nitrogens with one attached hydrogen (secondary N) is 1. The van der Waals surface area contributed by atoms with Crippen molar-refractivity contribution in [1.29, 1.82) is 0 Å². The SMILES string of the molecule is CCn1c(NC(=O)COc2ccc3ccccc3c2)nc2ccccc21. The number of imidazole rings is 1. The molecule has 0 spiro atoms. The van der Waals surface area contributed by atoms with E-state index in [1.807, 2.05) is 78.2 Å². The summed E-state index contributed by atoms with van der Waals surface area (Å²) in [7, 11) is 0. The number of carbonyl (C=O) groups excluding carboxylic acids is 1. The van der Waals surface area contributed by atoms with Crippen molar-refractivity contribution in [3.8, 4) is 5.75 Å². The van der Waals surface area contributed by atoms with Crippen LogP contribution in [0.4, 0.5) is 5.95 Å². The predicted octanol–water partition coefficient (Wildman–Crippen LogP) is 4.23. The van der Waals surface area contributed by atoms with Gasteiger partial charge < -0.3 is 9.30 Å². The van der Waals surface area contributed by atoms with E-state index in [0.29, 0.717) is 11.7 Å². The summed E-state index contributed by atoms with van der Waals surface area (Å²) >= 11 is 0. The van der Waals surface area contributed by atoms with Gasteiger partial charge in [-0.3, -0.25) is 10.1 Å². The quantitative estimate of drug-likeness (QED) is 0.589. The Kier molecular flexibility index (Phi) is 4.27. The Morgan fingerprint density at radius 3 is 2.65 bits per heavy atom. The number of nitrogens with zero attached hydrogens (tertiary/aromatic N) is 2. The van der Waals surface area contributed by atoms with Crippen LogP contribution >= 0.6 is 0 Å². The summed E-state index contributed by atoms with van der Waals surface area (Å²) in [6, 6.07) is 21.7. The van der Waals surface area contributed by atoms with Crippen LogP contribution in [-0.2, 0) is 11.3 Å². The summed E-state index contributed by atoms with van der Waals surface area (Å²) in [5.74, 6) is 0.979. The first-order valence-electron chi connectivity index (χ1n) is 8.61. The van der Waals surface area contributed by atoms with Gasteiger partial charge >= 0.3 is 0 Å². The van der Waals surface area contributed by atoms with Gasteiger partial charge in [0, 0.05) is 6.54 Å². The molecule has 1 amide bonds. The highest BCUT2D eigenvalue weighted by molar-refractivity contribution is 5.92. The van der Waals surface area contributed by atoms with Gasteiger partial charge in [-0.2, -0.15) is 0 Å².